The van der Waals surface area contributed by atoms with E-state index < -0.39 is 14.1 Å². The Balaban J connectivity index is 2.51. The molecule has 1 amide bonds. The van der Waals surface area contributed by atoms with Gasteiger partial charge in [-0.05, 0) is 4.57 Å². The van der Waals surface area contributed by atoms with Gasteiger partial charge in [0.1, 0.15) is 5.69 Å². The first kappa shape index (κ1) is 12.8. The van der Waals surface area contributed by atoms with E-state index in [0.717, 1.165) is 0 Å². The molecule has 0 saturated carbocycles. The highest BCUT2D eigenvalue weighted by molar-refractivity contribution is 7.35. The van der Waals surface area contributed by atoms with Gasteiger partial charge in [0.2, 0.25) is 5.78 Å². The molecule has 2 aromatic rings. The van der Waals surface area contributed by atoms with E-state index in [-0.39, 0.29) is 23.0 Å². The number of halogens is 1. The maximum absolute atomic E-state index is 11.0. The highest BCUT2D eigenvalue weighted by Crippen LogP contribution is 2.18. The Morgan fingerprint density at radius 3 is 3.00 bits per heavy atom. The topological polar surface area (TPSA) is 123 Å². The van der Waals surface area contributed by atoms with Gasteiger partial charge in [0.05, 0.1) is 23.5 Å². The molecule has 18 heavy (non-hydrogen) atoms. The SMILES string of the molecule is NC(=O)c1cn2c(CN[P+](=O)O)c(Cl)cnc2n1. The van der Waals surface area contributed by atoms with Crippen LogP contribution in [-0.2, 0) is 11.1 Å². The largest absolute Gasteiger partial charge is 0.610 e. The van der Waals surface area contributed by atoms with Crippen molar-refractivity contribution in [1.82, 2.24) is 19.5 Å². The molecule has 2 aromatic heterocycles. The second-order valence-corrected chi connectivity index (χ2v) is 4.59. The number of nitrogens with one attached hydrogen (secondary N) is 1. The Bertz CT molecular complexity index is 643. The van der Waals surface area contributed by atoms with E-state index in [1.807, 2.05) is 0 Å². The second kappa shape index (κ2) is 4.95. The Labute approximate surface area is 107 Å². The summed E-state index contributed by atoms with van der Waals surface area (Å²) in [5.41, 5.74) is 5.61. The fourth-order valence-corrected chi connectivity index (χ4v) is 1.89. The Morgan fingerprint density at radius 1 is 1.67 bits per heavy atom. The molecule has 0 aliphatic carbocycles. The number of hydrogen-bond acceptors (Lipinski definition) is 4. The van der Waals surface area contributed by atoms with Crippen molar-refractivity contribution in [3.63, 3.8) is 0 Å². The molecule has 0 aromatic carbocycles. The van der Waals surface area contributed by atoms with Gasteiger partial charge in [-0.2, -0.15) is 0 Å². The number of aromatic nitrogens is 3. The van der Waals surface area contributed by atoms with Crippen molar-refractivity contribution >= 4 is 31.5 Å². The number of primary amides is 1. The number of fused-ring (bicyclic) bond motifs is 1. The zero-order valence-electron chi connectivity index (χ0n) is 8.87. The average molecular weight is 289 g/mol. The maximum atomic E-state index is 11.0. The fourth-order valence-electron chi connectivity index (χ4n) is 1.40. The number of nitrogens with zero attached hydrogens (tertiary/aromatic N) is 3. The average Bonchev–Trinajstić information content (AvgIpc) is 2.71. The molecule has 0 aliphatic rings. The molecule has 0 saturated heterocycles. The lowest BCUT2D eigenvalue weighted by atomic mass is 10.4. The summed E-state index contributed by atoms with van der Waals surface area (Å²) < 4.78 is 12.1. The summed E-state index contributed by atoms with van der Waals surface area (Å²) in [6, 6.07) is 0. The lowest BCUT2D eigenvalue weighted by molar-refractivity contribution is 0.0996. The summed E-state index contributed by atoms with van der Waals surface area (Å²) in [7, 11) is -2.50. The molecule has 2 heterocycles. The minimum absolute atomic E-state index is 0.0259. The van der Waals surface area contributed by atoms with Crippen LogP contribution in [0, 0.1) is 0 Å². The van der Waals surface area contributed by atoms with Crippen LogP contribution in [0.15, 0.2) is 12.4 Å². The summed E-state index contributed by atoms with van der Waals surface area (Å²) in [6.45, 7) is 0.0259. The highest BCUT2D eigenvalue weighted by Gasteiger charge is 2.16. The van der Waals surface area contributed by atoms with Crippen LogP contribution >= 0.6 is 19.8 Å². The van der Waals surface area contributed by atoms with E-state index in [4.69, 9.17) is 22.2 Å². The zero-order valence-corrected chi connectivity index (χ0v) is 10.5. The molecule has 0 spiro atoms. The molecule has 94 valence electrons. The van der Waals surface area contributed by atoms with E-state index in [2.05, 4.69) is 15.1 Å². The van der Waals surface area contributed by atoms with Gasteiger partial charge < -0.3 is 5.73 Å². The van der Waals surface area contributed by atoms with Crippen LogP contribution < -0.4 is 10.8 Å². The smallest absolute Gasteiger partial charge is 0.364 e. The first-order chi connectivity index (χ1) is 8.49. The van der Waals surface area contributed by atoms with E-state index in [9.17, 15) is 9.36 Å². The van der Waals surface area contributed by atoms with Crippen LogP contribution in [0.25, 0.3) is 5.78 Å². The number of carbonyl (C=O) groups is 1. The highest BCUT2D eigenvalue weighted by atomic mass is 35.5. The van der Waals surface area contributed by atoms with Crippen molar-refractivity contribution in [3.05, 3.63) is 28.8 Å². The monoisotopic (exact) mass is 288 g/mol. The van der Waals surface area contributed by atoms with Crippen molar-refractivity contribution in [3.8, 4) is 0 Å². The zero-order chi connectivity index (χ0) is 13.3. The standard InChI is InChI=1S/C8H7ClN5O3P/c9-4-1-11-8-13-5(7(10)15)3-14(8)6(4)2-12-18(16)17/h1,3H,2H2,(H3-,10,12,15,16,17)/p+1. The van der Waals surface area contributed by atoms with E-state index in [0.29, 0.717) is 5.69 Å². The van der Waals surface area contributed by atoms with Crippen molar-refractivity contribution in [2.24, 2.45) is 5.73 Å². The normalized spacial score (nSPS) is 11.8. The fraction of sp³-hybridized carbons (Fsp3) is 0.125. The maximum Gasteiger partial charge on any atom is 0.610 e. The summed E-state index contributed by atoms with van der Waals surface area (Å²) in [6.07, 6.45) is 2.72. The summed E-state index contributed by atoms with van der Waals surface area (Å²) in [4.78, 5) is 27.5. The van der Waals surface area contributed by atoms with Crippen molar-refractivity contribution < 1.29 is 14.3 Å². The second-order valence-electron chi connectivity index (χ2n) is 3.32. The molecule has 2 rings (SSSR count). The number of carbonyl (C=O) groups excluding carboxylic acids is 1. The molecule has 8 nitrogen and oxygen atoms in total. The third kappa shape index (κ3) is 2.46. The molecule has 0 bridgehead atoms. The molecule has 4 N–H and O–H groups in total. The van der Waals surface area contributed by atoms with E-state index in [1.54, 1.807) is 0 Å². The minimum atomic E-state index is -2.50. The minimum Gasteiger partial charge on any atom is -0.364 e. The van der Waals surface area contributed by atoms with Crippen LogP contribution in [0.5, 0.6) is 0 Å². The van der Waals surface area contributed by atoms with Gasteiger partial charge in [0, 0.05) is 6.20 Å². The van der Waals surface area contributed by atoms with E-state index >= 15 is 0 Å². The van der Waals surface area contributed by atoms with Crippen LogP contribution in [0.1, 0.15) is 16.2 Å². The number of imidazole rings is 1. The summed E-state index contributed by atoms with van der Waals surface area (Å²) in [5.74, 6) is -0.457. The van der Waals surface area contributed by atoms with Gasteiger partial charge in [-0.15, -0.1) is 4.89 Å². The van der Waals surface area contributed by atoms with Crippen molar-refractivity contribution in [2.75, 3.05) is 0 Å². The molecule has 1 atom stereocenters. The molecule has 0 radical (unpaired) electrons. The molecule has 0 aliphatic heterocycles. The lowest BCUT2D eigenvalue weighted by Gasteiger charge is -2.03. The quantitative estimate of drug-likeness (QED) is 0.692. The Kier molecular flexibility index (Phi) is 3.53. The summed E-state index contributed by atoms with van der Waals surface area (Å²) >= 11 is 5.93. The molecule has 10 heteroatoms. The third-order valence-electron chi connectivity index (χ3n) is 2.18. The molecule has 0 fully saturated rings. The van der Waals surface area contributed by atoms with Gasteiger partial charge in [0.25, 0.3) is 5.91 Å². The first-order valence-corrected chi connectivity index (χ1v) is 6.30. The third-order valence-corrected chi connectivity index (χ3v) is 2.93. The van der Waals surface area contributed by atoms with Gasteiger partial charge in [-0.25, -0.2) is 9.97 Å². The molecular formula is C8H8ClN5O3P+. The van der Waals surface area contributed by atoms with Gasteiger partial charge in [0.15, 0.2) is 0 Å². The Morgan fingerprint density at radius 2 is 2.39 bits per heavy atom. The van der Waals surface area contributed by atoms with Crippen molar-refractivity contribution in [2.45, 2.75) is 6.54 Å². The first-order valence-electron chi connectivity index (χ1n) is 4.71. The van der Waals surface area contributed by atoms with Gasteiger partial charge in [-0.1, -0.05) is 16.7 Å². The van der Waals surface area contributed by atoms with Crippen LogP contribution in [0.4, 0.5) is 0 Å². The Hall–Kier alpha value is -1.60. The van der Waals surface area contributed by atoms with Gasteiger partial charge >= 0.3 is 8.18 Å². The summed E-state index contributed by atoms with van der Waals surface area (Å²) in [5, 5.41) is 2.60. The number of nitrogens with two attached hydrogens (primary N) is 1. The number of rotatable bonds is 4. The molecular weight excluding hydrogens is 281 g/mol. The molecule has 1 unspecified atom stereocenters. The van der Waals surface area contributed by atoms with Crippen LogP contribution in [0.2, 0.25) is 5.02 Å². The number of hydrogen-bond donors (Lipinski definition) is 3. The predicted octanol–water partition coefficient (Wildman–Crippen LogP) is 0.221. The van der Waals surface area contributed by atoms with Crippen molar-refractivity contribution in [1.29, 1.82) is 0 Å². The predicted molar refractivity (Wildman–Crippen MR) is 63.2 cm³/mol. The lowest BCUT2D eigenvalue weighted by Crippen LogP contribution is -2.11. The van der Waals surface area contributed by atoms with Crippen LogP contribution in [-0.4, -0.2) is 25.2 Å². The van der Waals surface area contributed by atoms with Crippen LogP contribution in [0.3, 0.4) is 0 Å². The van der Waals surface area contributed by atoms with E-state index in [1.165, 1.54) is 16.8 Å². The number of amides is 1. The van der Waals surface area contributed by atoms with Gasteiger partial charge in [-0.3, -0.25) is 9.20 Å².